The van der Waals surface area contributed by atoms with E-state index in [1.54, 1.807) is 12.3 Å². The van der Waals surface area contributed by atoms with Crippen LogP contribution in [0.3, 0.4) is 0 Å². The van der Waals surface area contributed by atoms with Gasteiger partial charge in [0.2, 0.25) is 0 Å². The van der Waals surface area contributed by atoms with Gasteiger partial charge < -0.3 is 15.4 Å². The summed E-state index contributed by atoms with van der Waals surface area (Å²) in [6.45, 7) is 6.89. The van der Waals surface area contributed by atoms with Crippen molar-refractivity contribution in [3.05, 3.63) is 53.9 Å². The molecule has 1 fully saturated rings. The number of nitrogens with zero attached hydrogens (tertiary/aromatic N) is 2. The Bertz CT molecular complexity index is 697. The van der Waals surface area contributed by atoms with E-state index in [2.05, 4.69) is 26.6 Å². The molecule has 0 spiro atoms. The maximum atomic E-state index is 12.2. The quantitative estimate of drug-likeness (QED) is 0.844. The molecule has 132 valence electrons. The first-order valence-electron chi connectivity index (χ1n) is 8.59. The van der Waals surface area contributed by atoms with Crippen molar-refractivity contribution in [2.75, 3.05) is 44.7 Å². The number of morpholine rings is 1. The monoisotopic (exact) mass is 340 g/mol. The predicted octanol–water partition coefficient (Wildman–Crippen LogP) is 2.20. The van der Waals surface area contributed by atoms with Crippen LogP contribution in [0.5, 0.6) is 0 Å². The van der Waals surface area contributed by atoms with Gasteiger partial charge in [0.1, 0.15) is 5.69 Å². The summed E-state index contributed by atoms with van der Waals surface area (Å²) in [5.74, 6) is -0.143. The Labute approximate surface area is 148 Å². The van der Waals surface area contributed by atoms with Gasteiger partial charge in [-0.1, -0.05) is 12.1 Å². The summed E-state index contributed by atoms with van der Waals surface area (Å²) in [7, 11) is 0. The average Bonchev–Trinajstić information content (AvgIpc) is 2.63. The third-order valence-corrected chi connectivity index (χ3v) is 4.12. The molecule has 0 aliphatic carbocycles. The summed E-state index contributed by atoms with van der Waals surface area (Å²) < 4.78 is 5.31. The van der Waals surface area contributed by atoms with E-state index >= 15 is 0 Å². The number of aryl methyl sites for hydroxylation is 1. The highest BCUT2D eigenvalue weighted by molar-refractivity contribution is 5.92. The summed E-state index contributed by atoms with van der Waals surface area (Å²) in [5.41, 5.74) is 3.48. The molecular formula is C19H24N4O2. The first kappa shape index (κ1) is 17.4. The van der Waals surface area contributed by atoms with Crippen LogP contribution in [-0.4, -0.2) is 55.2 Å². The Morgan fingerprint density at radius 3 is 2.76 bits per heavy atom. The number of rotatable bonds is 6. The van der Waals surface area contributed by atoms with Gasteiger partial charge in [0.15, 0.2) is 0 Å². The average molecular weight is 340 g/mol. The smallest absolute Gasteiger partial charge is 0.269 e. The number of amides is 1. The zero-order valence-corrected chi connectivity index (χ0v) is 14.5. The molecule has 2 N–H and O–H groups in total. The molecule has 1 aliphatic heterocycles. The minimum absolute atomic E-state index is 0.143. The highest BCUT2D eigenvalue weighted by Gasteiger charge is 2.11. The van der Waals surface area contributed by atoms with Gasteiger partial charge in [-0.05, 0) is 36.8 Å². The Morgan fingerprint density at radius 1 is 1.20 bits per heavy atom. The second-order valence-electron chi connectivity index (χ2n) is 6.14. The Morgan fingerprint density at radius 2 is 2.04 bits per heavy atom. The number of carbonyl (C=O) groups excluding carboxylic acids is 1. The standard InChI is InChI=1S/C19H24N4O2/c1-15-3-2-4-16(13-15)22-17-5-6-18(21-14-17)19(24)20-7-8-23-9-11-25-12-10-23/h2-6,13-14,22H,7-12H2,1H3,(H,20,24). The summed E-state index contributed by atoms with van der Waals surface area (Å²) in [6, 6.07) is 11.7. The topological polar surface area (TPSA) is 66.5 Å². The van der Waals surface area contributed by atoms with Gasteiger partial charge >= 0.3 is 0 Å². The second-order valence-corrected chi connectivity index (χ2v) is 6.14. The number of aromatic nitrogens is 1. The van der Waals surface area contributed by atoms with E-state index in [0.717, 1.165) is 44.2 Å². The maximum absolute atomic E-state index is 12.2. The molecular weight excluding hydrogens is 316 g/mol. The molecule has 0 unspecified atom stereocenters. The SMILES string of the molecule is Cc1cccc(Nc2ccc(C(=O)NCCN3CCOCC3)nc2)c1. The molecule has 6 nitrogen and oxygen atoms in total. The summed E-state index contributed by atoms with van der Waals surface area (Å²) in [4.78, 5) is 18.7. The van der Waals surface area contributed by atoms with Crippen molar-refractivity contribution < 1.29 is 9.53 Å². The lowest BCUT2D eigenvalue weighted by Gasteiger charge is -2.26. The number of pyridine rings is 1. The van der Waals surface area contributed by atoms with E-state index in [9.17, 15) is 4.79 Å². The van der Waals surface area contributed by atoms with E-state index in [1.807, 2.05) is 31.2 Å². The normalized spacial score (nSPS) is 14.9. The highest BCUT2D eigenvalue weighted by Crippen LogP contribution is 2.16. The molecule has 2 heterocycles. The zero-order valence-electron chi connectivity index (χ0n) is 14.5. The van der Waals surface area contributed by atoms with Crippen molar-refractivity contribution in [3.8, 4) is 0 Å². The minimum atomic E-state index is -0.143. The molecule has 1 aliphatic rings. The Balaban J connectivity index is 1.48. The van der Waals surface area contributed by atoms with E-state index in [4.69, 9.17) is 4.74 Å². The molecule has 0 atom stereocenters. The molecule has 0 saturated carbocycles. The minimum Gasteiger partial charge on any atom is -0.379 e. The largest absolute Gasteiger partial charge is 0.379 e. The van der Waals surface area contributed by atoms with Crippen LogP contribution >= 0.6 is 0 Å². The van der Waals surface area contributed by atoms with Crippen LogP contribution in [0.2, 0.25) is 0 Å². The molecule has 2 aromatic rings. The fourth-order valence-electron chi connectivity index (χ4n) is 2.73. The van der Waals surface area contributed by atoms with E-state index < -0.39 is 0 Å². The van der Waals surface area contributed by atoms with E-state index in [0.29, 0.717) is 12.2 Å². The van der Waals surface area contributed by atoms with Crippen LogP contribution in [0, 0.1) is 6.92 Å². The van der Waals surface area contributed by atoms with Gasteiger partial charge in [-0.25, -0.2) is 4.98 Å². The van der Waals surface area contributed by atoms with Gasteiger partial charge in [-0.15, -0.1) is 0 Å². The number of ether oxygens (including phenoxy) is 1. The van der Waals surface area contributed by atoms with Crippen LogP contribution in [-0.2, 0) is 4.74 Å². The van der Waals surface area contributed by atoms with Crippen molar-refractivity contribution in [1.29, 1.82) is 0 Å². The zero-order chi connectivity index (χ0) is 17.5. The van der Waals surface area contributed by atoms with E-state index in [1.165, 1.54) is 5.56 Å². The number of hydrogen-bond acceptors (Lipinski definition) is 5. The summed E-state index contributed by atoms with van der Waals surface area (Å²) in [6.07, 6.45) is 1.68. The highest BCUT2D eigenvalue weighted by atomic mass is 16.5. The molecule has 1 aromatic carbocycles. The Hall–Kier alpha value is -2.44. The molecule has 3 rings (SSSR count). The maximum Gasteiger partial charge on any atom is 0.269 e. The Kier molecular flexibility index (Phi) is 5.98. The van der Waals surface area contributed by atoms with Crippen LogP contribution in [0.1, 0.15) is 16.1 Å². The first-order chi connectivity index (χ1) is 12.2. The molecule has 1 saturated heterocycles. The predicted molar refractivity (Wildman–Crippen MR) is 98.3 cm³/mol. The van der Waals surface area contributed by atoms with Crippen molar-refractivity contribution in [2.24, 2.45) is 0 Å². The molecule has 25 heavy (non-hydrogen) atoms. The number of hydrogen-bond donors (Lipinski definition) is 2. The van der Waals surface area contributed by atoms with Gasteiger partial charge in [0, 0.05) is 31.9 Å². The van der Waals surface area contributed by atoms with Crippen molar-refractivity contribution >= 4 is 17.3 Å². The fraction of sp³-hybridized carbons (Fsp3) is 0.368. The third-order valence-electron chi connectivity index (χ3n) is 4.12. The van der Waals surface area contributed by atoms with Crippen LogP contribution in [0.4, 0.5) is 11.4 Å². The van der Waals surface area contributed by atoms with E-state index in [-0.39, 0.29) is 5.91 Å². The molecule has 0 bridgehead atoms. The summed E-state index contributed by atoms with van der Waals surface area (Å²) in [5, 5.41) is 6.20. The van der Waals surface area contributed by atoms with Gasteiger partial charge in [-0.2, -0.15) is 0 Å². The number of benzene rings is 1. The second kappa shape index (κ2) is 8.60. The van der Waals surface area contributed by atoms with Crippen molar-refractivity contribution in [1.82, 2.24) is 15.2 Å². The summed E-state index contributed by atoms with van der Waals surface area (Å²) >= 11 is 0. The number of anilines is 2. The molecule has 1 amide bonds. The van der Waals surface area contributed by atoms with Gasteiger partial charge in [0.05, 0.1) is 25.1 Å². The number of nitrogens with one attached hydrogen (secondary N) is 2. The van der Waals surface area contributed by atoms with Crippen LogP contribution < -0.4 is 10.6 Å². The third kappa shape index (κ3) is 5.27. The van der Waals surface area contributed by atoms with Crippen LogP contribution in [0.15, 0.2) is 42.6 Å². The van der Waals surface area contributed by atoms with Gasteiger partial charge in [-0.3, -0.25) is 9.69 Å². The number of carbonyl (C=O) groups is 1. The van der Waals surface area contributed by atoms with Crippen molar-refractivity contribution in [2.45, 2.75) is 6.92 Å². The van der Waals surface area contributed by atoms with Crippen molar-refractivity contribution in [3.63, 3.8) is 0 Å². The first-order valence-corrected chi connectivity index (χ1v) is 8.59. The van der Waals surface area contributed by atoms with Crippen LogP contribution in [0.25, 0.3) is 0 Å². The molecule has 1 aromatic heterocycles. The molecule has 0 radical (unpaired) electrons. The lowest BCUT2D eigenvalue weighted by Crippen LogP contribution is -2.41. The van der Waals surface area contributed by atoms with Gasteiger partial charge in [0.25, 0.3) is 5.91 Å². The lowest BCUT2D eigenvalue weighted by atomic mass is 10.2. The fourth-order valence-corrected chi connectivity index (χ4v) is 2.73. The molecule has 6 heteroatoms. The lowest BCUT2D eigenvalue weighted by molar-refractivity contribution is 0.0383.